The van der Waals surface area contributed by atoms with Crippen LogP contribution in [0.4, 0.5) is 5.69 Å². The predicted molar refractivity (Wildman–Crippen MR) is 131 cm³/mol. The molecule has 0 spiro atoms. The molecule has 176 valence electrons. The molecule has 0 aliphatic rings. The van der Waals surface area contributed by atoms with Gasteiger partial charge in [-0.1, -0.05) is 67.4 Å². The van der Waals surface area contributed by atoms with E-state index in [0.717, 1.165) is 0 Å². The highest BCUT2D eigenvalue weighted by Crippen LogP contribution is 2.29. The Labute approximate surface area is 203 Å². The molecule has 1 N–H and O–H groups in total. The summed E-state index contributed by atoms with van der Waals surface area (Å²) in [6.45, 7) is 1.91. The number of carbonyl (C=O) groups excluding carboxylic acids is 3. The summed E-state index contributed by atoms with van der Waals surface area (Å²) in [7, 11) is 0. The Morgan fingerprint density at radius 2 is 1.56 bits per heavy atom. The van der Waals surface area contributed by atoms with E-state index in [0.29, 0.717) is 40.6 Å². The number of carbonyl (C=O) groups is 3. The van der Waals surface area contributed by atoms with E-state index in [1.807, 2.05) is 25.1 Å². The van der Waals surface area contributed by atoms with Crippen molar-refractivity contribution in [2.24, 2.45) is 0 Å². The van der Waals surface area contributed by atoms with Gasteiger partial charge in [0, 0.05) is 17.7 Å². The lowest BCUT2D eigenvalue weighted by Gasteiger charge is -2.16. The van der Waals surface area contributed by atoms with Crippen molar-refractivity contribution in [3.05, 3.63) is 89.4 Å². The van der Waals surface area contributed by atoms with Crippen LogP contribution in [-0.4, -0.2) is 23.8 Å². The van der Waals surface area contributed by atoms with Crippen LogP contribution in [0.3, 0.4) is 0 Å². The van der Waals surface area contributed by atoms with E-state index in [-0.39, 0.29) is 24.5 Å². The molecule has 0 fully saturated rings. The third-order valence-corrected chi connectivity index (χ3v) is 5.25. The molecule has 7 heteroatoms. The van der Waals surface area contributed by atoms with Crippen LogP contribution in [0.1, 0.15) is 43.0 Å². The van der Waals surface area contributed by atoms with Gasteiger partial charge in [0.2, 0.25) is 11.7 Å². The predicted octanol–water partition coefficient (Wildman–Crippen LogP) is 6.45. The number of para-hydroxylation sites is 1. The number of nitrogens with one attached hydrogen (secondary N) is 1. The molecule has 3 rings (SSSR count). The summed E-state index contributed by atoms with van der Waals surface area (Å²) in [6.07, 6.45) is 0.0758. The molecular formula is C27H26ClNO5. The molecule has 3 aromatic carbocycles. The number of benzene rings is 3. The quantitative estimate of drug-likeness (QED) is 0.252. The number of ketones is 1. The number of hydrogen-bond acceptors (Lipinski definition) is 5. The van der Waals surface area contributed by atoms with E-state index < -0.39 is 12.1 Å². The van der Waals surface area contributed by atoms with Crippen LogP contribution >= 0.6 is 11.6 Å². The van der Waals surface area contributed by atoms with Crippen molar-refractivity contribution >= 4 is 34.9 Å². The van der Waals surface area contributed by atoms with Gasteiger partial charge >= 0.3 is 5.97 Å². The zero-order valence-electron chi connectivity index (χ0n) is 18.8. The van der Waals surface area contributed by atoms with Crippen LogP contribution in [0.2, 0.25) is 5.02 Å². The summed E-state index contributed by atoms with van der Waals surface area (Å²) in [6, 6.07) is 22.6. The van der Waals surface area contributed by atoms with Crippen LogP contribution in [0.5, 0.6) is 11.5 Å². The summed E-state index contributed by atoms with van der Waals surface area (Å²) in [4.78, 5) is 37.2. The highest BCUT2D eigenvalue weighted by atomic mass is 35.5. The van der Waals surface area contributed by atoms with E-state index in [1.165, 1.54) is 0 Å². The lowest BCUT2D eigenvalue weighted by molar-refractivity contribution is -0.148. The SMILES string of the molecule is CCCC(OC(=O)CCC(=O)Nc1ccc(Oc2ccccc2Cl)cc1)C(=O)c1ccccc1. The maximum absolute atomic E-state index is 12.6. The highest BCUT2D eigenvalue weighted by molar-refractivity contribution is 6.32. The molecule has 1 atom stereocenters. The Hall–Kier alpha value is -3.64. The Morgan fingerprint density at radius 1 is 0.882 bits per heavy atom. The average Bonchev–Trinajstić information content (AvgIpc) is 2.85. The first-order chi connectivity index (χ1) is 16.5. The zero-order chi connectivity index (χ0) is 24.3. The van der Waals surface area contributed by atoms with Gasteiger partial charge in [-0.15, -0.1) is 0 Å². The van der Waals surface area contributed by atoms with E-state index in [2.05, 4.69) is 5.32 Å². The number of amides is 1. The summed E-state index contributed by atoms with van der Waals surface area (Å²) < 4.78 is 11.1. The molecule has 0 aliphatic heterocycles. The van der Waals surface area contributed by atoms with Gasteiger partial charge in [0.05, 0.1) is 11.4 Å². The van der Waals surface area contributed by atoms with Crippen LogP contribution in [-0.2, 0) is 14.3 Å². The first-order valence-corrected chi connectivity index (χ1v) is 11.4. The highest BCUT2D eigenvalue weighted by Gasteiger charge is 2.23. The average molecular weight is 480 g/mol. The smallest absolute Gasteiger partial charge is 0.307 e. The summed E-state index contributed by atoms with van der Waals surface area (Å²) in [5.41, 5.74) is 1.06. The first kappa shape index (κ1) is 25.0. The molecule has 0 radical (unpaired) electrons. The molecule has 0 aromatic heterocycles. The molecule has 0 heterocycles. The molecule has 1 unspecified atom stereocenters. The minimum atomic E-state index is -0.853. The van der Waals surface area contributed by atoms with Gasteiger partial charge in [-0.3, -0.25) is 14.4 Å². The number of esters is 1. The fourth-order valence-corrected chi connectivity index (χ4v) is 3.39. The number of hydrogen-bond donors (Lipinski definition) is 1. The summed E-state index contributed by atoms with van der Waals surface area (Å²) in [5.74, 6) is -0.0508. The first-order valence-electron chi connectivity index (χ1n) is 11.1. The maximum atomic E-state index is 12.6. The number of anilines is 1. The fourth-order valence-electron chi connectivity index (χ4n) is 3.21. The van der Waals surface area contributed by atoms with Crippen molar-refractivity contribution in [3.8, 4) is 11.5 Å². The number of Topliss-reactive ketones (excluding diaryl/α,β-unsaturated/α-hetero) is 1. The van der Waals surface area contributed by atoms with E-state index >= 15 is 0 Å². The largest absolute Gasteiger partial charge is 0.456 e. The normalized spacial score (nSPS) is 11.4. The summed E-state index contributed by atoms with van der Waals surface area (Å²) in [5, 5.41) is 3.23. The van der Waals surface area contributed by atoms with Crippen LogP contribution in [0.25, 0.3) is 0 Å². The third kappa shape index (κ3) is 7.46. The minimum Gasteiger partial charge on any atom is -0.456 e. The van der Waals surface area contributed by atoms with Crippen LogP contribution < -0.4 is 10.1 Å². The van der Waals surface area contributed by atoms with Crippen LogP contribution in [0.15, 0.2) is 78.9 Å². The van der Waals surface area contributed by atoms with E-state index in [9.17, 15) is 14.4 Å². The zero-order valence-corrected chi connectivity index (χ0v) is 19.6. The Kier molecular flexibility index (Phi) is 9.23. The molecule has 3 aromatic rings. The Balaban J connectivity index is 1.47. The van der Waals surface area contributed by atoms with Crippen molar-refractivity contribution in [1.82, 2.24) is 0 Å². The van der Waals surface area contributed by atoms with Crippen molar-refractivity contribution in [2.45, 2.75) is 38.7 Å². The Morgan fingerprint density at radius 3 is 2.24 bits per heavy atom. The molecule has 0 saturated carbocycles. The molecular weight excluding hydrogens is 454 g/mol. The summed E-state index contributed by atoms with van der Waals surface area (Å²) >= 11 is 6.09. The van der Waals surface area contributed by atoms with Gasteiger partial charge in [-0.05, 0) is 42.8 Å². The van der Waals surface area contributed by atoms with Crippen molar-refractivity contribution < 1.29 is 23.9 Å². The second-order valence-electron chi connectivity index (χ2n) is 7.60. The minimum absolute atomic E-state index is 0.0604. The molecule has 1 amide bonds. The molecule has 0 saturated heterocycles. The van der Waals surface area contributed by atoms with Crippen molar-refractivity contribution in [2.75, 3.05) is 5.32 Å². The Bertz CT molecular complexity index is 1120. The lowest BCUT2D eigenvalue weighted by atomic mass is 10.0. The van der Waals surface area contributed by atoms with Gasteiger partial charge < -0.3 is 14.8 Å². The molecule has 0 aliphatic carbocycles. The van der Waals surface area contributed by atoms with Crippen LogP contribution in [0, 0.1) is 0 Å². The van der Waals surface area contributed by atoms with Gasteiger partial charge in [0.1, 0.15) is 11.5 Å². The van der Waals surface area contributed by atoms with E-state index in [1.54, 1.807) is 60.7 Å². The van der Waals surface area contributed by atoms with Crippen molar-refractivity contribution in [3.63, 3.8) is 0 Å². The maximum Gasteiger partial charge on any atom is 0.307 e. The van der Waals surface area contributed by atoms with Crippen molar-refractivity contribution in [1.29, 1.82) is 0 Å². The molecule has 34 heavy (non-hydrogen) atoms. The number of rotatable bonds is 11. The van der Waals surface area contributed by atoms with Gasteiger partial charge in [-0.25, -0.2) is 0 Å². The number of ether oxygens (including phenoxy) is 2. The standard InChI is InChI=1S/C27H26ClNO5/c1-2-8-24(27(32)19-9-4-3-5-10-19)34-26(31)18-17-25(30)29-20-13-15-21(16-14-20)33-23-12-7-6-11-22(23)28/h3-7,9-16,24H,2,8,17-18H2,1H3,(H,29,30). The van der Waals surface area contributed by atoms with E-state index in [4.69, 9.17) is 21.1 Å². The second-order valence-corrected chi connectivity index (χ2v) is 8.01. The molecule has 6 nitrogen and oxygen atoms in total. The third-order valence-electron chi connectivity index (χ3n) is 4.93. The van der Waals surface area contributed by atoms with Gasteiger partial charge in [0.25, 0.3) is 0 Å². The number of halogens is 1. The second kappa shape index (κ2) is 12.6. The van der Waals surface area contributed by atoms with Gasteiger partial charge in [-0.2, -0.15) is 0 Å². The lowest BCUT2D eigenvalue weighted by Crippen LogP contribution is -2.28. The van der Waals surface area contributed by atoms with Gasteiger partial charge in [0.15, 0.2) is 6.10 Å². The topological polar surface area (TPSA) is 81.7 Å². The fraction of sp³-hybridized carbons (Fsp3) is 0.222. The molecule has 0 bridgehead atoms. The monoisotopic (exact) mass is 479 g/mol.